The van der Waals surface area contributed by atoms with Gasteiger partial charge in [-0.25, -0.2) is 0 Å². The average Bonchev–Trinajstić information content (AvgIpc) is 2.83. The van der Waals surface area contributed by atoms with Crippen LogP contribution >= 0.6 is 0 Å². The van der Waals surface area contributed by atoms with Crippen molar-refractivity contribution in [1.29, 1.82) is 0 Å². The van der Waals surface area contributed by atoms with Crippen LogP contribution in [0.3, 0.4) is 0 Å². The van der Waals surface area contributed by atoms with E-state index in [2.05, 4.69) is 13.8 Å². The molecule has 0 aromatic rings. The summed E-state index contributed by atoms with van der Waals surface area (Å²) in [6.07, 6.45) is 6.51. The van der Waals surface area contributed by atoms with Crippen molar-refractivity contribution < 1.29 is 5.11 Å². The summed E-state index contributed by atoms with van der Waals surface area (Å²) >= 11 is 0. The molecule has 0 aliphatic heterocycles. The molecule has 2 rings (SSSR count). The largest absolute Gasteiger partial charge is 0.393 e. The molecule has 2 aliphatic carbocycles. The SMILES string of the molecule is CC1CCC(C(O)C2CC2C)CC1. The molecule has 2 fully saturated rings. The molecule has 1 heteroatoms. The summed E-state index contributed by atoms with van der Waals surface area (Å²) in [5.74, 6) is 2.99. The second-order valence-electron chi connectivity index (χ2n) is 5.39. The molecule has 0 bridgehead atoms. The van der Waals surface area contributed by atoms with Crippen molar-refractivity contribution in [2.24, 2.45) is 23.7 Å². The first-order valence-electron chi connectivity index (χ1n) is 5.86. The number of hydrogen-bond acceptors (Lipinski definition) is 1. The molecule has 2 saturated carbocycles. The molecule has 3 unspecified atom stereocenters. The Morgan fingerprint density at radius 2 is 1.62 bits per heavy atom. The van der Waals surface area contributed by atoms with Gasteiger partial charge in [-0.3, -0.25) is 0 Å². The van der Waals surface area contributed by atoms with E-state index in [1.807, 2.05) is 0 Å². The summed E-state index contributed by atoms with van der Waals surface area (Å²) in [4.78, 5) is 0. The smallest absolute Gasteiger partial charge is 0.0599 e. The molecular weight excluding hydrogens is 160 g/mol. The molecule has 1 nitrogen and oxygen atoms in total. The van der Waals surface area contributed by atoms with Crippen molar-refractivity contribution in [3.05, 3.63) is 0 Å². The fraction of sp³-hybridized carbons (Fsp3) is 1.00. The van der Waals surface area contributed by atoms with Crippen molar-refractivity contribution >= 4 is 0 Å². The lowest BCUT2D eigenvalue weighted by atomic mass is 9.79. The van der Waals surface area contributed by atoms with E-state index in [-0.39, 0.29) is 6.10 Å². The van der Waals surface area contributed by atoms with E-state index in [0.29, 0.717) is 11.8 Å². The van der Waals surface area contributed by atoms with Gasteiger partial charge in [0.15, 0.2) is 0 Å². The van der Waals surface area contributed by atoms with Crippen LogP contribution in [-0.2, 0) is 0 Å². The van der Waals surface area contributed by atoms with E-state index >= 15 is 0 Å². The molecule has 13 heavy (non-hydrogen) atoms. The van der Waals surface area contributed by atoms with Crippen molar-refractivity contribution in [1.82, 2.24) is 0 Å². The van der Waals surface area contributed by atoms with Gasteiger partial charge in [0.05, 0.1) is 6.10 Å². The standard InChI is InChI=1S/C12H22O/c1-8-3-5-10(6-4-8)12(13)11-7-9(11)2/h8-13H,3-7H2,1-2H3. The van der Waals surface area contributed by atoms with Crippen molar-refractivity contribution in [2.75, 3.05) is 0 Å². The van der Waals surface area contributed by atoms with Gasteiger partial charge in [-0.15, -0.1) is 0 Å². The molecule has 0 heterocycles. The molecular formula is C12H22O. The molecule has 0 aromatic heterocycles. The molecule has 0 amide bonds. The van der Waals surface area contributed by atoms with E-state index in [1.54, 1.807) is 0 Å². The second kappa shape index (κ2) is 3.61. The van der Waals surface area contributed by atoms with Gasteiger partial charge in [0.25, 0.3) is 0 Å². The van der Waals surface area contributed by atoms with Gasteiger partial charge in [-0.05, 0) is 42.9 Å². The summed E-state index contributed by atoms with van der Waals surface area (Å²) in [5, 5.41) is 10.1. The highest BCUT2D eigenvalue weighted by atomic mass is 16.3. The molecule has 3 atom stereocenters. The maximum absolute atomic E-state index is 10.1. The van der Waals surface area contributed by atoms with Crippen LogP contribution in [-0.4, -0.2) is 11.2 Å². The zero-order valence-corrected chi connectivity index (χ0v) is 8.87. The van der Waals surface area contributed by atoms with Crippen LogP contribution in [0.25, 0.3) is 0 Å². The number of rotatable bonds is 2. The van der Waals surface area contributed by atoms with Crippen LogP contribution in [0.4, 0.5) is 0 Å². The van der Waals surface area contributed by atoms with Gasteiger partial charge >= 0.3 is 0 Å². The first-order valence-corrected chi connectivity index (χ1v) is 5.86. The van der Waals surface area contributed by atoms with E-state index < -0.39 is 0 Å². The van der Waals surface area contributed by atoms with Crippen molar-refractivity contribution in [3.63, 3.8) is 0 Å². The third-order valence-corrected chi connectivity index (χ3v) is 4.15. The lowest BCUT2D eigenvalue weighted by Gasteiger charge is -2.30. The van der Waals surface area contributed by atoms with E-state index in [4.69, 9.17) is 0 Å². The van der Waals surface area contributed by atoms with E-state index in [0.717, 1.165) is 11.8 Å². The van der Waals surface area contributed by atoms with Crippen molar-refractivity contribution in [2.45, 2.75) is 52.1 Å². The molecule has 0 aromatic carbocycles. The van der Waals surface area contributed by atoms with Crippen LogP contribution in [0, 0.1) is 23.7 Å². The van der Waals surface area contributed by atoms with Crippen LogP contribution in [0.5, 0.6) is 0 Å². The Hall–Kier alpha value is -0.0400. The zero-order valence-electron chi connectivity index (χ0n) is 8.87. The second-order valence-corrected chi connectivity index (χ2v) is 5.39. The Balaban J connectivity index is 1.80. The predicted octanol–water partition coefficient (Wildman–Crippen LogP) is 2.83. The predicted molar refractivity (Wildman–Crippen MR) is 54.4 cm³/mol. The monoisotopic (exact) mass is 182 g/mol. The minimum absolute atomic E-state index is 0.0301. The lowest BCUT2D eigenvalue weighted by molar-refractivity contribution is 0.0544. The summed E-state index contributed by atoms with van der Waals surface area (Å²) < 4.78 is 0. The topological polar surface area (TPSA) is 20.2 Å². The van der Waals surface area contributed by atoms with Gasteiger partial charge in [0.1, 0.15) is 0 Å². The highest BCUT2D eigenvalue weighted by Gasteiger charge is 2.42. The first-order chi connectivity index (χ1) is 6.18. The molecule has 76 valence electrons. The Morgan fingerprint density at radius 3 is 2.08 bits per heavy atom. The van der Waals surface area contributed by atoms with E-state index in [9.17, 15) is 5.11 Å². The van der Waals surface area contributed by atoms with E-state index in [1.165, 1.54) is 32.1 Å². The number of aliphatic hydroxyl groups excluding tert-OH is 1. The molecule has 1 N–H and O–H groups in total. The van der Waals surface area contributed by atoms with Crippen LogP contribution < -0.4 is 0 Å². The minimum atomic E-state index is 0.0301. The molecule has 0 saturated heterocycles. The average molecular weight is 182 g/mol. The van der Waals surface area contributed by atoms with Crippen LogP contribution in [0.1, 0.15) is 46.0 Å². The Labute approximate surface area is 81.5 Å². The highest BCUT2D eigenvalue weighted by molar-refractivity contribution is 4.92. The zero-order chi connectivity index (χ0) is 9.42. The van der Waals surface area contributed by atoms with Crippen LogP contribution in [0.2, 0.25) is 0 Å². The van der Waals surface area contributed by atoms with Crippen molar-refractivity contribution in [3.8, 4) is 0 Å². The quantitative estimate of drug-likeness (QED) is 0.696. The fourth-order valence-corrected chi connectivity index (χ4v) is 2.80. The fourth-order valence-electron chi connectivity index (χ4n) is 2.80. The molecule has 0 spiro atoms. The van der Waals surface area contributed by atoms with Gasteiger partial charge in [0.2, 0.25) is 0 Å². The summed E-state index contributed by atoms with van der Waals surface area (Å²) in [6.45, 7) is 4.60. The Bertz CT molecular complexity index is 170. The van der Waals surface area contributed by atoms with Gasteiger partial charge in [0, 0.05) is 0 Å². The third kappa shape index (κ3) is 2.07. The minimum Gasteiger partial charge on any atom is -0.393 e. The van der Waals surface area contributed by atoms with Gasteiger partial charge in [-0.2, -0.15) is 0 Å². The molecule has 2 aliphatic rings. The summed E-state index contributed by atoms with van der Waals surface area (Å²) in [6, 6.07) is 0. The Morgan fingerprint density at radius 1 is 1.08 bits per heavy atom. The Kier molecular flexibility index (Phi) is 2.64. The lowest BCUT2D eigenvalue weighted by Crippen LogP contribution is -2.27. The highest BCUT2D eigenvalue weighted by Crippen LogP contribution is 2.45. The van der Waals surface area contributed by atoms with Crippen LogP contribution in [0.15, 0.2) is 0 Å². The number of aliphatic hydroxyl groups is 1. The normalized spacial score (nSPS) is 47.3. The van der Waals surface area contributed by atoms with Gasteiger partial charge in [-0.1, -0.05) is 26.7 Å². The van der Waals surface area contributed by atoms with Gasteiger partial charge < -0.3 is 5.11 Å². The third-order valence-electron chi connectivity index (χ3n) is 4.15. The first kappa shape index (κ1) is 9.51. The maximum Gasteiger partial charge on any atom is 0.0599 e. The summed E-state index contributed by atoms with van der Waals surface area (Å²) in [5.41, 5.74) is 0. The summed E-state index contributed by atoms with van der Waals surface area (Å²) in [7, 11) is 0. The molecule has 0 radical (unpaired) electrons. The maximum atomic E-state index is 10.1. The number of hydrogen-bond donors (Lipinski definition) is 1.